The number of hydrogen-bond donors (Lipinski definition) is 1. The fourth-order valence-corrected chi connectivity index (χ4v) is 3.50. The van der Waals surface area contributed by atoms with Crippen molar-refractivity contribution >= 4 is 28.4 Å². The Kier molecular flexibility index (Phi) is 3.20. The Labute approximate surface area is 111 Å². The predicted octanol–water partition coefficient (Wildman–Crippen LogP) is 3.48. The molecule has 2 N–H and O–H groups in total. The van der Waals surface area contributed by atoms with Crippen molar-refractivity contribution in [1.29, 1.82) is 0 Å². The van der Waals surface area contributed by atoms with E-state index in [0.29, 0.717) is 6.04 Å². The summed E-state index contributed by atoms with van der Waals surface area (Å²) in [6.07, 6.45) is 5.08. The molecule has 1 aromatic heterocycles. The van der Waals surface area contributed by atoms with Crippen molar-refractivity contribution in [1.82, 2.24) is 9.78 Å². The molecule has 0 atom stereocenters. The maximum absolute atomic E-state index is 6.17. The number of nitrogens with two attached hydrogens (primary N) is 1. The molecule has 0 aromatic carbocycles. The molecule has 0 saturated heterocycles. The number of aromatic nitrogens is 2. The predicted molar refractivity (Wildman–Crippen MR) is 75.6 cm³/mol. The minimum absolute atomic E-state index is 0.0779. The molecule has 1 heterocycles. The van der Waals surface area contributed by atoms with E-state index in [2.05, 4.69) is 48.0 Å². The van der Waals surface area contributed by atoms with Gasteiger partial charge in [0.1, 0.15) is 5.82 Å². The first-order valence-electron chi connectivity index (χ1n) is 5.95. The van der Waals surface area contributed by atoms with Gasteiger partial charge in [0.25, 0.3) is 0 Å². The minimum Gasteiger partial charge on any atom is -0.383 e. The molecule has 0 unspecified atom stereocenters. The molecule has 3 nitrogen and oxygen atoms in total. The lowest BCUT2D eigenvalue weighted by molar-refractivity contribution is 0.454. The first-order valence-corrected chi connectivity index (χ1v) is 7.03. The Morgan fingerprint density at radius 2 is 1.88 bits per heavy atom. The Morgan fingerprint density at radius 1 is 1.31 bits per heavy atom. The molecule has 0 radical (unpaired) electrons. The number of rotatable bonds is 1. The number of nitrogens with zero attached hydrogens (tertiary/aromatic N) is 2. The van der Waals surface area contributed by atoms with Crippen LogP contribution in [0.1, 0.15) is 58.2 Å². The van der Waals surface area contributed by atoms with E-state index < -0.39 is 0 Å². The van der Waals surface area contributed by atoms with Crippen molar-refractivity contribution in [2.24, 2.45) is 0 Å². The van der Waals surface area contributed by atoms with Gasteiger partial charge in [-0.2, -0.15) is 5.10 Å². The van der Waals surface area contributed by atoms with E-state index in [1.54, 1.807) is 0 Å². The summed E-state index contributed by atoms with van der Waals surface area (Å²) in [7, 11) is 0. The highest BCUT2D eigenvalue weighted by Gasteiger charge is 2.28. The summed E-state index contributed by atoms with van der Waals surface area (Å²) in [5.41, 5.74) is 7.39. The van der Waals surface area contributed by atoms with Crippen LogP contribution in [0.25, 0.3) is 0 Å². The summed E-state index contributed by atoms with van der Waals surface area (Å²) < 4.78 is 3.20. The van der Waals surface area contributed by atoms with Gasteiger partial charge in [0.2, 0.25) is 0 Å². The fraction of sp³-hybridized carbons (Fsp3) is 0.750. The Morgan fingerprint density at radius 3 is 2.31 bits per heavy atom. The Bertz CT molecular complexity index is 384. The molecule has 1 aliphatic rings. The number of halogens is 1. The number of hydrogen-bond acceptors (Lipinski definition) is 2. The summed E-state index contributed by atoms with van der Waals surface area (Å²) in [6.45, 7) is 6.57. The smallest absolute Gasteiger partial charge is 0.135 e. The second-order valence-corrected chi connectivity index (χ2v) is 6.76. The zero-order valence-electron chi connectivity index (χ0n) is 10.3. The molecule has 1 saturated carbocycles. The first kappa shape index (κ1) is 12.2. The third-order valence-corrected chi connectivity index (χ3v) is 4.33. The van der Waals surface area contributed by atoms with Crippen LogP contribution < -0.4 is 5.73 Å². The Hall–Kier alpha value is -0.260. The monoisotopic (exact) mass is 333 g/mol. The van der Waals surface area contributed by atoms with Crippen LogP contribution in [0.4, 0.5) is 5.82 Å². The molecule has 4 heteroatoms. The van der Waals surface area contributed by atoms with E-state index in [9.17, 15) is 0 Å². The lowest BCUT2D eigenvalue weighted by atomic mass is 9.92. The van der Waals surface area contributed by atoms with Gasteiger partial charge in [-0.3, -0.25) is 0 Å². The second-order valence-electron chi connectivity index (χ2n) is 5.68. The zero-order valence-corrected chi connectivity index (χ0v) is 12.4. The van der Waals surface area contributed by atoms with Gasteiger partial charge in [-0.1, -0.05) is 33.6 Å². The SMILES string of the molecule is CC(C)(C)c1nn(C2CCCC2)c(N)c1I. The largest absolute Gasteiger partial charge is 0.383 e. The van der Waals surface area contributed by atoms with Gasteiger partial charge in [0.15, 0.2) is 0 Å². The normalized spacial score (nSPS) is 18.2. The van der Waals surface area contributed by atoms with Crippen LogP contribution in [0.2, 0.25) is 0 Å². The molecule has 16 heavy (non-hydrogen) atoms. The van der Waals surface area contributed by atoms with Crippen LogP contribution in [-0.4, -0.2) is 9.78 Å². The number of anilines is 1. The maximum Gasteiger partial charge on any atom is 0.135 e. The summed E-state index contributed by atoms with van der Waals surface area (Å²) in [5.74, 6) is 0.859. The zero-order chi connectivity index (χ0) is 11.9. The van der Waals surface area contributed by atoms with Crippen molar-refractivity contribution in [2.45, 2.75) is 57.9 Å². The summed E-state index contributed by atoms with van der Waals surface area (Å²) >= 11 is 2.33. The van der Waals surface area contributed by atoms with Crippen LogP contribution in [0.5, 0.6) is 0 Å². The van der Waals surface area contributed by atoms with E-state index in [4.69, 9.17) is 10.8 Å². The van der Waals surface area contributed by atoms with Gasteiger partial charge in [-0.25, -0.2) is 4.68 Å². The molecule has 0 amide bonds. The molecular weight excluding hydrogens is 313 g/mol. The number of nitrogen functional groups attached to an aromatic ring is 1. The average Bonchev–Trinajstić information content (AvgIpc) is 2.75. The molecule has 1 fully saturated rings. The van der Waals surface area contributed by atoms with Crippen LogP contribution >= 0.6 is 22.6 Å². The highest BCUT2D eigenvalue weighted by atomic mass is 127. The molecule has 1 aliphatic carbocycles. The summed E-state index contributed by atoms with van der Waals surface area (Å²) in [5, 5.41) is 4.75. The Balaban J connectivity index is 2.40. The van der Waals surface area contributed by atoms with E-state index >= 15 is 0 Å². The van der Waals surface area contributed by atoms with Crippen molar-refractivity contribution < 1.29 is 0 Å². The van der Waals surface area contributed by atoms with Crippen LogP contribution in [0.3, 0.4) is 0 Å². The van der Waals surface area contributed by atoms with Crippen molar-refractivity contribution in [3.8, 4) is 0 Å². The highest BCUT2D eigenvalue weighted by Crippen LogP contribution is 2.36. The van der Waals surface area contributed by atoms with Crippen molar-refractivity contribution in [3.63, 3.8) is 0 Å². The van der Waals surface area contributed by atoms with Gasteiger partial charge in [-0.15, -0.1) is 0 Å². The third kappa shape index (κ3) is 2.08. The standard InChI is InChI=1S/C12H20IN3/c1-12(2,3)10-9(13)11(14)16(15-10)8-6-4-5-7-8/h8H,4-7,14H2,1-3H3. The molecular formula is C12H20IN3. The van der Waals surface area contributed by atoms with Crippen LogP contribution in [0.15, 0.2) is 0 Å². The van der Waals surface area contributed by atoms with Gasteiger partial charge in [0, 0.05) is 5.41 Å². The van der Waals surface area contributed by atoms with E-state index in [1.165, 1.54) is 25.7 Å². The molecule has 1 aromatic rings. The highest BCUT2D eigenvalue weighted by molar-refractivity contribution is 14.1. The fourth-order valence-electron chi connectivity index (χ4n) is 2.33. The van der Waals surface area contributed by atoms with Gasteiger partial charge >= 0.3 is 0 Å². The molecule has 0 aliphatic heterocycles. The van der Waals surface area contributed by atoms with Gasteiger partial charge < -0.3 is 5.73 Å². The second kappa shape index (κ2) is 4.20. The average molecular weight is 333 g/mol. The summed E-state index contributed by atoms with van der Waals surface area (Å²) in [6, 6.07) is 0.532. The van der Waals surface area contributed by atoms with Gasteiger partial charge in [0.05, 0.1) is 15.3 Å². The molecule has 90 valence electrons. The van der Waals surface area contributed by atoms with Crippen LogP contribution in [0, 0.1) is 3.57 Å². The van der Waals surface area contributed by atoms with Gasteiger partial charge in [-0.05, 0) is 35.4 Å². The molecule has 2 rings (SSSR count). The topological polar surface area (TPSA) is 43.8 Å². The minimum atomic E-state index is 0.0779. The quantitative estimate of drug-likeness (QED) is 0.800. The molecule has 0 spiro atoms. The molecule has 0 bridgehead atoms. The van der Waals surface area contributed by atoms with E-state index in [-0.39, 0.29) is 5.41 Å². The van der Waals surface area contributed by atoms with Crippen LogP contribution in [-0.2, 0) is 5.41 Å². The van der Waals surface area contributed by atoms with E-state index in [1.807, 2.05) is 0 Å². The maximum atomic E-state index is 6.17. The lowest BCUT2D eigenvalue weighted by Crippen LogP contribution is -2.15. The van der Waals surface area contributed by atoms with E-state index in [0.717, 1.165) is 15.1 Å². The van der Waals surface area contributed by atoms with Crippen molar-refractivity contribution in [2.75, 3.05) is 5.73 Å². The third-order valence-electron chi connectivity index (χ3n) is 3.27. The van der Waals surface area contributed by atoms with Crippen molar-refractivity contribution in [3.05, 3.63) is 9.26 Å². The first-order chi connectivity index (χ1) is 7.41. The summed E-state index contributed by atoms with van der Waals surface area (Å²) in [4.78, 5) is 0. The lowest BCUT2D eigenvalue weighted by Gasteiger charge is -2.16.